The monoisotopic (exact) mass is 375 g/mol. The van der Waals surface area contributed by atoms with Gasteiger partial charge in [-0.2, -0.15) is 0 Å². The lowest BCUT2D eigenvalue weighted by molar-refractivity contribution is -0.139. The van der Waals surface area contributed by atoms with E-state index in [4.69, 9.17) is 16.3 Å². The average molecular weight is 376 g/mol. The molecule has 0 unspecified atom stereocenters. The van der Waals surface area contributed by atoms with Crippen molar-refractivity contribution in [3.63, 3.8) is 0 Å². The molecular formula is C20H22ClNO4. The second-order valence-electron chi connectivity index (χ2n) is 6.95. The van der Waals surface area contributed by atoms with Crippen molar-refractivity contribution >= 4 is 23.7 Å². The molecule has 2 rings (SSSR count). The van der Waals surface area contributed by atoms with Crippen LogP contribution < -0.4 is 5.32 Å². The van der Waals surface area contributed by atoms with Crippen LogP contribution in [-0.4, -0.2) is 28.8 Å². The van der Waals surface area contributed by atoms with Gasteiger partial charge in [0.15, 0.2) is 0 Å². The lowest BCUT2D eigenvalue weighted by Crippen LogP contribution is -2.44. The summed E-state index contributed by atoms with van der Waals surface area (Å²) >= 11 is 6.03. The van der Waals surface area contributed by atoms with Gasteiger partial charge in [0, 0.05) is 11.4 Å². The van der Waals surface area contributed by atoms with E-state index < -0.39 is 23.7 Å². The number of aliphatic carboxylic acids is 1. The van der Waals surface area contributed by atoms with E-state index >= 15 is 0 Å². The molecule has 5 nitrogen and oxygen atoms in total. The van der Waals surface area contributed by atoms with Crippen molar-refractivity contribution in [3.05, 3.63) is 59.1 Å². The number of ether oxygens (including phenoxy) is 1. The van der Waals surface area contributed by atoms with Gasteiger partial charge in [-0.15, -0.1) is 0 Å². The number of hydrogen-bond donors (Lipinski definition) is 2. The predicted molar refractivity (Wildman–Crippen MR) is 101 cm³/mol. The second-order valence-corrected chi connectivity index (χ2v) is 7.39. The lowest BCUT2D eigenvalue weighted by atomic mass is 9.99. The summed E-state index contributed by atoms with van der Waals surface area (Å²) < 4.78 is 5.13. The number of hydrogen-bond acceptors (Lipinski definition) is 3. The van der Waals surface area contributed by atoms with Crippen LogP contribution in [0.4, 0.5) is 4.79 Å². The maximum Gasteiger partial charge on any atom is 0.408 e. The molecule has 0 spiro atoms. The molecule has 0 bridgehead atoms. The average Bonchev–Trinajstić information content (AvgIpc) is 2.52. The van der Waals surface area contributed by atoms with Crippen LogP contribution in [0.3, 0.4) is 0 Å². The smallest absolute Gasteiger partial charge is 0.408 e. The number of alkyl carbamates (subject to hydrolysis) is 1. The van der Waals surface area contributed by atoms with Gasteiger partial charge in [-0.3, -0.25) is 0 Å². The van der Waals surface area contributed by atoms with Crippen LogP contribution in [0, 0.1) is 0 Å². The summed E-state index contributed by atoms with van der Waals surface area (Å²) in [6.45, 7) is 5.16. The third-order valence-corrected chi connectivity index (χ3v) is 3.75. The molecule has 0 saturated carbocycles. The van der Waals surface area contributed by atoms with Gasteiger partial charge in [-0.1, -0.05) is 48.0 Å². The minimum Gasteiger partial charge on any atom is -0.480 e. The van der Waals surface area contributed by atoms with Gasteiger partial charge < -0.3 is 15.2 Å². The van der Waals surface area contributed by atoms with Crippen molar-refractivity contribution in [2.45, 2.75) is 38.8 Å². The molecule has 1 atom stereocenters. The summed E-state index contributed by atoms with van der Waals surface area (Å²) in [7, 11) is 0. The van der Waals surface area contributed by atoms with Crippen molar-refractivity contribution in [2.24, 2.45) is 0 Å². The molecule has 2 N–H and O–H groups in total. The Labute approximate surface area is 157 Å². The Morgan fingerprint density at radius 2 is 1.73 bits per heavy atom. The molecule has 0 fully saturated rings. The minimum absolute atomic E-state index is 0.142. The van der Waals surface area contributed by atoms with Crippen LogP contribution in [0.5, 0.6) is 0 Å². The summed E-state index contributed by atoms with van der Waals surface area (Å²) in [6.07, 6.45) is -0.612. The molecule has 0 aromatic heterocycles. The summed E-state index contributed by atoms with van der Waals surface area (Å²) in [5.74, 6) is -1.12. The number of rotatable bonds is 5. The van der Waals surface area contributed by atoms with Crippen LogP contribution in [0.25, 0.3) is 11.1 Å². The molecule has 26 heavy (non-hydrogen) atoms. The molecule has 1 amide bonds. The Bertz CT molecular complexity index is 798. The Balaban J connectivity index is 2.15. The van der Waals surface area contributed by atoms with Crippen LogP contribution in [0.2, 0.25) is 5.02 Å². The summed E-state index contributed by atoms with van der Waals surface area (Å²) in [6, 6.07) is 13.8. The molecule has 0 aliphatic carbocycles. The number of amides is 1. The molecule has 0 heterocycles. The molecule has 2 aromatic rings. The lowest BCUT2D eigenvalue weighted by Gasteiger charge is -2.22. The molecule has 0 saturated heterocycles. The Morgan fingerprint density at radius 3 is 2.31 bits per heavy atom. The van der Waals surface area contributed by atoms with Gasteiger partial charge in [-0.05, 0) is 49.6 Å². The van der Waals surface area contributed by atoms with Crippen LogP contribution in [-0.2, 0) is 16.0 Å². The third-order valence-electron chi connectivity index (χ3n) is 3.51. The van der Waals surface area contributed by atoms with Crippen LogP contribution in [0.1, 0.15) is 26.3 Å². The van der Waals surface area contributed by atoms with Crippen LogP contribution >= 0.6 is 11.6 Å². The predicted octanol–water partition coefficient (Wildman–Crippen LogP) is 4.53. The first-order valence-electron chi connectivity index (χ1n) is 8.21. The zero-order valence-corrected chi connectivity index (χ0v) is 15.7. The standard InChI is InChI=1S/C20H22ClNO4/c1-20(2,3)26-19(25)22-17(18(23)24)11-13-6-4-7-14(10-13)15-8-5-9-16(21)12-15/h4-10,12,17H,11H2,1-3H3,(H,22,25)(H,23,24)/t17-/m0/s1. The van der Waals surface area contributed by atoms with E-state index in [1.54, 1.807) is 26.8 Å². The largest absolute Gasteiger partial charge is 0.480 e. The molecule has 2 aromatic carbocycles. The Morgan fingerprint density at radius 1 is 1.12 bits per heavy atom. The maximum atomic E-state index is 11.9. The van der Waals surface area contributed by atoms with Crippen molar-refractivity contribution in [1.82, 2.24) is 5.32 Å². The second kappa shape index (κ2) is 8.23. The fraction of sp³-hybridized carbons (Fsp3) is 0.300. The number of carboxylic acid groups (broad SMARTS) is 1. The highest BCUT2D eigenvalue weighted by Crippen LogP contribution is 2.24. The summed E-state index contributed by atoms with van der Waals surface area (Å²) in [4.78, 5) is 23.4. The number of nitrogens with one attached hydrogen (secondary N) is 1. The van der Waals surface area contributed by atoms with Gasteiger partial charge in [0.2, 0.25) is 0 Å². The molecule has 6 heteroatoms. The zero-order valence-electron chi connectivity index (χ0n) is 15.0. The molecule has 0 aliphatic heterocycles. The van der Waals surface area contributed by atoms with Gasteiger partial charge in [0.25, 0.3) is 0 Å². The van der Waals surface area contributed by atoms with Crippen molar-refractivity contribution < 1.29 is 19.4 Å². The molecule has 0 aliphatic rings. The topological polar surface area (TPSA) is 75.6 Å². The van der Waals surface area contributed by atoms with Gasteiger partial charge in [0.1, 0.15) is 11.6 Å². The van der Waals surface area contributed by atoms with E-state index in [0.717, 1.165) is 16.7 Å². The minimum atomic E-state index is -1.12. The van der Waals surface area contributed by atoms with Gasteiger partial charge in [-0.25, -0.2) is 9.59 Å². The van der Waals surface area contributed by atoms with Crippen molar-refractivity contribution in [2.75, 3.05) is 0 Å². The highest BCUT2D eigenvalue weighted by atomic mass is 35.5. The highest BCUT2D eigenvalue weighted by Gasteiger charge is 2.24. The van der Waals surface area contributed by atoms with E-state index in [2.05, 4.69) is 5.32 Å². The maximum absolute atomic E-state index is 11.9. The van der Waals surface area contributed by atoms with Gasteiger partial charge >= 0.3 is 12.1 Å². The number of halogens is 1. The van der Waals surface area contributed by atoms with Crippen molar-refractivity contribution in [3.8, 4) is 11.1 Å². The number of carbonyl (C=O) groups is 2. The fourth-order valence-electron chi connectivity index (χ4n) is 2.43. The summed E-state index contributed by atoms with van der Waals surface area (Å²) in [5.41, 5.74) is 1.95. The molecular weight excluding hydrogens is 354 g/mol. The SMILES string of the molecule is CC(C)(C)OC(=O)N[C@@H](Cc1cccc(-c2cccc(Cl)c2)c1)C(=O)O. The third kappa shape index (κ3) is 6.08. The highest BCUT2D eigenvalue weighted by molar-refractivity contribution is 6.30. The first kappa shape index (κ1) is 19.8. The number of carbonyl (C=O) groups excluding carboxylic acids is 1. The van der Waals surface area contributed by atoms with E-state index in [0.29, 0.717) is 5.02 Å². The van der Waals surface area contributed by atoms with Crippen molar-refractivity contribution in [1.29, 1.82) is 0 Å². The normalized spacial score (nSPS) is 12.3. The van der Waals surface area contributed by atoms with E-state index in [9.17, 15) is 14.7 Å². The Hall–Kier alpha value is -2.53. The van der Waals surface area contributed by atoms with E-state index in [-0.39, 0.29) is 6.42 Å². The van der Waals surface area contributed by atoms with Crippen LogP contribution in [0.15, 0.2) is 48.5 Å². The first-order chi connectivity index (χ1) is 12.1. The molecule has 0 radical (unpaired) electrons. The van der Waals surface area contributed by atoms with E-state index in [1.165, 1.54) is 0 Å². The zero-order chi connectivity index (χ0) is 19.3. The van der Waals surface area contributed by atoms with E-state index in [1.807, 2.05) is 42.5 Å². The molecule has 138 valence electrons. The Kier molecular flexibility index (Phi) is 6.27. The van der Waals surface area contributed by atoms with Gasteiger partial charge in [0.05, 0.1) is 0 Å². The fourth-order valence-corrected chi connectivity index (χ4v) is 2.62. The number of carboxylic acids is 1. The number of benzene rings is 2. The summed E-state index contributed by atoms with van der Waals surface area (Å²) in [5, 5.41) is 12.5. The first-order valence-corrected chi connectivity index (χ1v) is 8.59. The quantitative estimate of drug-likeness (QED) is 0.805.